The van der Waals surface area contributed by atoms with Crippen molar-refractivity contribution in [1.29, 1.82) is 0 Å². The second-order valence-corrected chi connectivity index (χ2v) is 7.40. The summed E-state index contributed by atoms with van der Waals surface area (Å²) in [5, 5.41) is 12.7. The average molecular weight is 465 g/mol. The third kappa shape index (κ3) is 6.17. The Morgan fingerprint density at radius 1 is 0.839 bits per heavy atom. The van der Waals surface area contributed by atoms with Gasteiger partial charge in [0.1, 0.15) is 24.2 Å². The second-order valence-electron chi connectivity index (χ2n) is 7.40. The summed E-state index contributed by atoms with van der Waals surface area (Å²) < 4.78 is 11.4. The summed E-state index contributed by atoms with van der Waals surface area (Å²) in [6.45, 7) is 4.55. The zero-order chi connectivity index (χ0) is 20.1. The lowest BCUT2D eigenvalue weighted by molar-refractivity contribution is 0.0668. The van der Waals surface area contributed by atoms with E-state index in [1.807, 2.05) is 48.5 Å². The van der Waals surface area contributed by atoms with Crippen LogP contribution in [0.15, 0.2) is 66.7 Å². The van der Waals surface area contributed by atoms with Crippen molar-refractivity contribution >= 4 is 41.3 Å². The Morgan fingerprint density at radius 2 is 1.48 bits per heavy atom. The molecule has 5 nitrogen and oxygen atoms in total. The molecule has 168 valence electrons. The number of rotatable bonds is 7. The van der Waals surface area contributed by atoms with Gasteiger partial charge in [-0.05, 0) is 23.6 Å². The topological polar surface area (TPSA) is 45.2 Å². The number of aliphatic hydroxyl groups excluding tert-OH is 1. The van der Waals surface area contributed by atoms with Crippen LogP contribution in [0.4, 0.5) is 5.69 Å². The number of ether oxygens (including phenoxy) is 2. The van der Waals surface area contributed by atoms with Crippen LogP contribution in [-0.2, 0) is 0 Å². The summed E-state index contributed by atoms with van der Waals surface area (Å²) in [6, 6.07) is 22.3. The molecule has 1 aliphatic heterocycles. The van der Waals surface area contributed by atoms with Crippen LogP contribution in [0.2, 0.25) is 0 Å². The predicted molar refractivity (Wildman–Crippen MR) is 132 cm³/mol. The van der Waals surface area contributed by atoms with Crippen LogP contribution >= 0.6 is 24.8 Å². The molecule has 1 atom stereocenters. The van der Waals surface area contributed by atoms with E-state index in [9.17, 15) is 5.11 Å². The van der Waals surface area contributed by atoms with Crippen molar-refractivity contribution in [3.63, 3.8) is 0 Å². The Hall–Kier alpha value is -2.18. The van der Waals surface area contributed by atoms with Crippen LogP contribution in [0.25, 0.3) is 10.8 Å². The van der Waals surface area contributed by atoms with Gasteiger partial charge in [-0.3, -0.25) is 4.90 Å². The fourth-order valence-electron chi connectivity index (χ4n) is 3.92. The standard InChI is InChI=1S/C24H28N2O3.2ClH/c1-28-24-11-5-4-10-22(24)26-15-13-25(14-16-26)17-20(27)18-29-23-12-6-8-19-7-2-3-9-21(19)23;;/h2-12,20,27H,13-18H2,1H3;2*1H/t20-;;/m1../s1. The molecule has 1 N–H and O–H groups in total. The van der Waals surface area contributed by atoms with Crippen LogP contribution in [-0.4, -0.2) is 62.6 Å². The molecule has 31 heavy (non-hydrogen) atoms. The number of benzene rings is 3. The normalized spacial score (nSPS) is 15.0. The minimum atomic E-state index is -0.522. The first-order chi connectivity index (χ1) is 14.2. The van der Waals surface area contributed by atoms with Gasteiger partial charge in [0.25, 0.3) is 0 Å². The molecule has 0 aliphatic carbocycles. The highest BCUT2D eigenvalue weighted by molar-refractivity contribution is 5.88. The van der Waals surface area contributed by atoms with E-state index in [1.165, 1.54) is 0 Å². The zero-order valence-corrected chi connectivity index (χ0v) is 19.3. The summed E-state index contributed by atoms with van der Waals surface area (Å²) in [5.41, 5.74) is 1.13. The minimum Gasteiger partial charge on any atom is -0.495 e. The molecule has 3 aromatic carbocycles. The van der Waals surface area contributed by atoms with Crippen molar-refractivity contribution in [1.82, 2.24) is 4.90 Å². The lowest BCUT2D eigenvalue weighted by atomic mass is 10.1. The molecule has 1 saturated heterocycles. The van der Waals surface area contributed by atoms with E-state index in [-0.39, 0.29) is 24.8 Å². The summed E-state index contributed by atoms with van der Waals surface area (Å²) in [7, 11) is 1.71. The molecule has 0 spiro atoms. The maximum Gasteiger partial charge on any atom is 0.142 e. The number of halogens is 2. The highest BCUT2D eigenvalue weighted by Crippen LogP contribution is 2.28. The van der Waals surface area contributed by atoms with E-state index in [1.54, 1.807) is 7.11 Å². The summed E-state index contributed by atoms with van der Waals surface area (Å²) in [5.74, 6) is 1.73. The van der Waals surface area contributed by atoms with Gasteiger partial charge in [0.15, 0.2) is 0 Å². The van der Waals surface area contributed by atoms with Crippen LogP contribution in [0.3, 0.4) is 0 Å². The third-order valence-corrected chi connectivity index (χ3v) is 5.45. The molecule has 1 aliphatic rings. The number of hydrogen-bond donors (Lipinski definition) is 1. The summed E-state index contributed by atoms with van der Waals surface area (Å²) in [4.78, 5) is 4.64. The van der Waals surface area contributed by atoms with Gasteiger partial charge in [0.2, 0.25) is 0 Å². The highest BCUT2D eigenvalue weighted by atomic mass is 35.5. The van der Waals surface area contributed by atoms with E-state index in [0.717, 1.165) is 54.1 Å². The third-order valence-electron chi connectivity index (χ3n) is 5.45. The Morgan fingerprint density at radius 3 is 2.26 bits per heavy atom. The van der Waals surface area contributed by atoms with Gasteiger partial charge >= 0.3 is 0 Å². The molecule has 0 bridgehead atoms. The molecule has 0 radical (unpaired) electrons. The largest absolute Gasteiger partial charge is 0.495 e. The van der Waals surface area contributed by atoms with E-state index in [0.29, 0.717) is 13.2 Å². The molecule has 0 saturated carbocycles. The summed E-state index contributed by atoms with van der Waals surface area (Å²) in [6.07, 6.45) is -0.522. The Balaban J connectivity index is 0.00000171. The maximum atomic E-state index is 10.5. The van der Waals surface area contributed by atoms with Gasteiger partial charge in [-0.15, -0.1) is 24.8 Å². The number of methoxy groups -OCH3 is 1. The number of hydrogen-bond acceptors (Lipinski definition) is 5. The van der Waals surface area contributed by atoms with Gasteiger partial charge < -0.3 is 19.5 Å². The fraction of sp³-hybridized carbons (Fsp3) is 0.333. The van der Waals surface area contributed by atoms with Crippen LogP contribution in [0.5, 0.6) is 11.5 Å². The van der Waals surface area contributed by atoms with E-state index >= 15 is 0 Å². The molecule has 0 unspecified atom stereocenters. The van der Waals surface area contributed by atoms with E-state index in [2.05, 4.69) is 28.0 Å². The van der Waals surface area contributed by atoms with Crippen molar-refractivity contribution in [2.75, 3.05) is 51.3 Å². The predicted octanol–water partition coefficient (Wildman–Crippen LogP) is 4.25. The minimum absolute atomic E-state index is 0. The quantitative estimate of drug-likeness (QED) is 0.565. The molecule has 1 heterocycles. The first kappa shape index (κ1) is 25.1. The number of para-hydroxylation sites is 2. The van der Waals surface area contributed by atoms with Gasteiger partial charge in [-0.25, -0.2) is 0 Å². The Kier molecular flexibility index (Phi) is 9.72. The van der Waals surface area contributed by atoms with Crippen molar-refractivity contribution in [3.05, 3.63) is 66.7 Å². The smallest absolute Gasteiger partial charge is 0.142 e. The molecule has 3 aromatic rings. The fourth-order valence-corrected chi connectivity index (χ4v) is 3.92. The van der Waals surface area contributed by atoms with Crippen LogP contribution in [0.1, 0.15) is 0 Å². The second kappa shape index (κ2) is 12.0. The van der Waals surface area contributed by atoms with Crippen LogP contribution in [0, 0.1) is 0 Å². The zero-order valence-electron chi connectivity index (χ0n) is 17.6. The first-order valence-electron chi connectivity index (χ1n) is 10.1. The molecule has 1 fully saturated rings. The molecular weight excluding hydrogens is 435 g/mol. The number of fused-ring (bicyclic) bond motifs is 1. The number of piperazine rings is 1. The van der Waals surface area contributed by atoms with Gasteiger partial charge in [0.05, 0.1) is 12.8 Å². The van der Waals surface area contributed by atoms with Crippen molar-refractivity contribution in [2.45, 2.75) is 6.10 Å². The van der Waals surface area contributed by atoms with Gasteiger partial charge in [-0.1, -0.05) is 48.5 Å². The maximum absolute atomic E-state index is 10.5. The molecule has 0 amide bonds. The van der Waals surface area contributed by atoms with Gasteiger partial charge in [0, 0.05) is 38.1 Å². The molecule has 7 heteroatoms. The Labute approximate surface area is 196 Å². The monoisotopic (exact) mass is 464 g/mol. The van der Waals surface area contributed by atoms with E-state index in [4.69, 9.17) is 9.47 Å². The summed E-state index contributed by atoms with van der Waals surface area (Å²) >= 11 is 0. The molecule has 0 aromatic heterocycles. The molecular formula is C24H30Cl2N2O3. The molecule has 4 rings (SSSR count). The van der Waals surface area contributed by atoms with Crippen LogP contribution < -0.4 is 14.4 Å². The number of nitrogens with zero attached hydrogens (tertiary/aromatic N) is 2. The number of β-amino-alcohol motifs (C(OH)–C–C–N with tert-alkyl or cyclic N) is 1. The van der Waals surface area contributed by atoms with Crippen molar-refractivity contribution in [2.24, 2.45) is 0 Å². The van der Waals surface area contributed by atoms with E-state index < -0.39 is 6.10 Å². The van der Waals surface area contributed by atoms with Crippen molar-refractivity contribution < 1.29 is 14.6 Å². The average Bonchev–Trinajstić information content (AvgIpc) is 2.78. The lowest BCUT2D eigenvalue weighted by Gasteiger charge is -2.37. The first-order valence-corrected chi connectivity index (χ1v) is 10.1. The number of aliphatic hydroxyl groups is 1. The lowest BCUT2D eigenvalue weighted by Crippen LogP contribution is -2.49. The SMILES string of the molecule is COc1ccccc1N1CCN(C[C@@H](O)COc2cccc3ccccc23)CC1.Cl.Cl. The van der Waals surface area contributed by atoms with Crippen molar-refractivity contribution in [3.8, 4) is 11.5 Å². The number of anilines is 1. The highest BCUT2D eigenvalue weighted by Gasteiger charge is 2.21. The Bertz CT molecular complexity index is 944. The van der Waals surface area contributed by atoms with Gasteiger partial charge in [-0.2, -0.15) is 0 Å².